The number of nitrogens with zero attached hydrogens (tertiary/aromatic N) is 1. The van der Waals surface area contributed by atoms with Crippen LogP contribution in [0.3, 0.4) is 0 Å². The van der Waals surface area contributed by atoms with E-state index in [-0.39, 0.29) is 6.10 Å². The summed E-state index contributed by atoms with van der Waals surface area (Å²) < 4.78 is 0. The summed E-state index contributed by atoms with van der Waals surface area (Å²) in [5, 5.41) is 10.4. The van der Waals surface area contributed by atoms with Crippen molar-refractivity contribution in [3.05, 3.63) is 30.1 Å². The van der Waals surface area contributed by atoms with Crippen LogP contribution in [0.4, 0.5) is 0 Å². The van der Waals surface area contributed by atoms with E-state index in [9.17, 15) is 5.11 Å². The largest absolute Gasteiger partial charge is 0.392 e. The lowest BCUT2D eigenvalue weighted by atomic mass is 9.74. The number of hydrogen-bond donors (Lipinski definition) is 1. The molecule has 0 amide bonds. The lowest BCUT2D eigenvalue weighted by Gasteiger charge is -2.34. The van der Waals surface area contributed by atoms with Gasteiger partial charge in [0.1, 0.15) is 0 Å². The van der Waals surface area contributed by atoms with Gasteiger partial charge in [-0.15, -0.1) is 0 Å². The van der Waals surface area contributed by atoms with Crippen molar-refractivity contribution < 1.29 is 5.11 Å². The molecule has 2 rings (SSSR count). The molecule has 0 bridgehead atoms. The van der Waals surface area contributed by atoms with Gasteiger partial charge in [0.2, 0.25) is 0 Å². The molecule has 1 N–H and O–H groups in total. The van der Waals surface area contributed by atoms with E-state index in [4.69, 9.17) is 0 Å². The van der Waals surface area contributed by atoms with E-state index in [1.807, 2.05) is 12.1 Å². The predicted octanol–water partition coefficient (Wildman–Crippen LogP) is 3.20. The summed E-state index contributed by atoms with van der Waals surface area (Å²) in [6, 6.07) is 4.01. The Morgan fingerprint density at radius 1 is 1.29 bits per heavy atom. The average Bonchev–Trinajstić information content (AvgIpc) is 2.40. The fourth-order valence-corrected chi connectivity index (χ4v) is 3.16. The second-order valence-electron chi connectivity index (χ2n) is 5.24. The van der Waals surface area contributed by atoms with Crippen LogP contribution in [-0.4, -0.2) is 16.2 Å². The maximum Gasteiger partial charge on any atom is 0.0611 e. The van der Waals surface area contributed by atoms with Crippen LogP contribution in [0.15, 0.2) is 24.5 Å². The minimum Gasteiger partial charge on any atom is -0.392 e. The highest BCUT2D eigenvalue weighted by Crippen LogP contribution is 2.35. The molecule has 1 aliphatic rings. The van der Waals surface area contributed by atoms with Crippen LogP contribution < -0.4 is 0 Å². The summed E-state index contributed by atoms with van der Waals surface area (Å²) in [5.41, 5.74) is 1.20. The van der Waals surface area contributed by atoms with Crippen molar-refractivity contribution in [2.45, 2.75) is 51.6 Å². The fourth-order valence-electron chi connectivity index (χ4n) is 3.16. The van der Waals surface area contributed by atoms with E-state index < -0.39 is 0 Å². The maximum atomic E-state index is 10.4. The molecule has 1 heterocycles. The molecule has 0 radical (unpaired) electrons. The number of rotatable bonds is 4. The summed E-state index contributed by atoms with van der Waals surface area (Å²) in [5.74, 6) is 1.22. The molecule has 1 saturated carbocycles. The van der Waals surface area contributed by atoms with Gasteiger partial charge in [0.25, 0.3) is 0 Å². The highest BCUT2D eigenvalue weighted by Gasteiger charge is 2.29. The third-order valence-electron chi connectivity index (χ3n) is 4.18. The second-order valence-corrected chi connectivity index (χ2v) is 5.24. The molecule has 0 aliphatic heterocycles. The van der Waals surface area contributed by atoms with Crippen molar-refractivity contribution >= 4 is 0 Å². The molecule has 1 aliphatic carbocycles. The van der Waals surface area contributed by atoms with Crippen molar-refractivity contribution in [2.75, 3.05) is 0 Å². The molecule has 2 heteroatoms. The van der Waals surface area contributed by atoms with Gasteiger partial charge in [-0.1, -0.05) is 32.6 Å². The van der Waals surface area contributed by atoms with Crippen LogP contribution in [0.1, 0.15) is 44.6 Å². The summed E-state index contributed by atoms with van der Waals surface area (Å²) in [7, 11) is 0. The van der Waals surface area contributed by atoms with Gasteiger partial charge < -0.3 is 5.11 Å². The molecule has 94 valence electrons. The van der Waals surface area contributed by atoms with Gasteiger partial charge in [-0.05, 0) is 42.4 Å². The SMILES string of the molecule is CCC1CCCCC1C(O)Cc1ccncc1. The first-order valence-corrected chi connectivity index (χ1v) is 6.88. The van der Waals surface area contributed by atoms with E-state index in [1.165, 1.54) is 37.7 Å². The molecule has 1 aromatic heterocycles. The number of aromatic nitrogens is 1. The molecule has 17 heavy (non-hydrogen) atoms. The quantitative estimate of drug-likeness (QED) is 0.866. The minimum atomic E-state index is -0.178. The highest BCUT2D eigenvalue weighted by atomic mass is 16.3. The molecular formula is C15H23NO. The first kappa shape index (κ1) is 12.6. The van der Waals surface area contributed by atoms with E-state index in [1.54, 1.807) is 12.4 Å². The standard InChI is InChI=1S/C15H23NO/c1-2-13-5-3-4-6-14(13)15(17)11-12-7-9-16-10-8-12/h7-10,13-15,17H,2-6,11H2,1H3. The molecule has 1 aromatic rings. The Hall–Kier alpha value is -0.890. The van der Waals surface area contributed by atoms with Gasteiger partial charge in [-0.3, -0.25) is 4.98 Å². The van der Waals surface area contributed by atoms with Crippen LogP contribution >= 0.6 is 0 Å². The third-order valence-corrected chi connectivity index (χ3v) is 4.18. The first-order valence-electron chi connectivity index (χ1n) is 6.88. The summed E-state index contributed by atoms with van der Waals surface area (Å²) in [4.78, 5) is 4.01. The van der Waals surface area contributed by atoms with E-state index >= 15 is 0 Å². The molecule has 3 atom stereocenters. The number of pyridine rings is 1. The Labute approximate surface area is 104 Å². The number of aliphatic hydroxyl groups is 1. The van der Waals surface area contributed by atoms with Crippen molar-refractivity contribution in [2.24, 2.45) is 11.8 Å². The second kappa shape index (κ2) is 6.15. The highest BCUT2D eigenvalue weighted by molar-refractivity contribution is 5.11. The van der Waals surface area contributed by atoms with Gasteiger partial charge in [0.15, 0.2) is 0 Å². The lowest BCUT2D eigenvalue weighted by Crippen LogP contribution is -2.32. The molecule has 0 aromatic carbocycles. The normalized spacial score (nSPS) is 26.7. The summed E-state index contributed by atoms with van der Waals surface area (Å²) >= 11 is 0. The number of hydrogen-bond acceptors (Lipinski definition) is 2. The van der Waals surface area contributed by atoms with Crippen LogP contribution in [0.2, 0.25) is 0 Å². The monoisotopic (exact) mass is 233 g/mol. The van der Waals surface area contributed by atoms with Gasteiger partial charge in [-0.25, -0.2) is 0 Å². The zero-order valence-corrected chi connectivity index (χ0v) is 10.7. The summed E-state index contributed by atoms with van der Waals surface area (Å²) in [6.45, 7) is 2.25. The minimum absolute atomic E-state index is 0.178. The molecule has 3 unspecified atom stereocenters. The predicted molar refractivity (Wildman–Crippen MR) is 69.7 cm³/mol. The average molecular weight is 233 g/mol. The maximum absolute atomic E-state index is 10.4. The van der Waals surface area contributed by atoms with Gasteiger partial charge in [0, 0.05) is 12.4 Å². The Bertz CT molecular complexity index is 325. The number of aliphatic hydroxyl groups excluding tert-OH is 1. The molecule has 1 fully saturated rings. The Balaban J connectivity index is 1.96. The van der Waals surface area contributed by atoms with Crippen molar-refractivity contribution in [1.29, 1.82) is 0 Å². The van der Waals surface area contributed by atoms with E-state index in [2.05, 4.69) is 11.9 Å². The lowest BCUT2D eigenvalue weighted by molar-refractivity contribution is 0.0464. The molecular weight excluding hydrogens is 210 g/mol. The summed E-state index contributed by atoms with van der Waals surface area (Å²) in [6.07, 6.45) is 10.6. The first-order chi connectivity index (χ1) is 8.31. The zero-order valence-electron chi connectivity index (χ0n) is 10.7. The van der Waals surface area contributed by atoms with Gasteiger partial charge >= 0.3 is 0 Å². The fraction of sp³-hybridized carbons (Fsp3) is 0.667. The molecule has 2 nitrogen and oxygen atoms in total. The van der Waals surface area contributed by atoms with Gasteiger partial charge in [-0.2, -0.15) is 0 Å². The van der Waals surface area contributed by atoms with Crippen LogP contribution in [0.5, 0.6) is 0 Å². The van der Waals surface area contributed by atoms with Crippen LogP contribution in [0, 0.1) is 11.8 Å². The van der Waals surface area contributed by atoms with Crippen LogP contribution in [0.25, 0.3) is 0 Å². The topological polar surface area (TPSA) is 33.1 Å². The molecule has 0 saturated heterocycles. The van der Waals surface area contributed by atoms with Crippen molar-refractivity contribution in [1.82, 2.24) is 4.98 Å². The van der Waals surface area contributed by atoms with Crippen LogP contribution in [-0.2, 0) is 6.42 Å². The van der Waals surface area contributed by atoms with Gasteiger partial charge in [0.05, 0.1) is 6.10 Å². The third kappa shape index (κ3) is 3.29. The Kier molecular flexibility index (Phi) is 4.55. The van der Waals surface area contributed by atoms with Crippen molar-refractivity contribution in [3.63, 3.8) is 0 Å². The van der Waals surface area contributed by atoms with Crippen molar-refractivity contribution in [3.8, 4) is 0 Å². The Morgan fingerprint density at radius 2 is 2.00 bits per heavy atom. The molecule has 0 spiro atoms. The zero-order chi connectivity index (χ0) is 12.1. The Morgan fingerprint density at radius 3 is 2.71 bits per heavy atom. The smallest absolute Gasteiger partial charge is 0.0611 e. The van der Waals surface area contributed by atoms with E-state index in [0.717, 1.165) is 12.3 Å². The van der Waals surface area contributed by atoms with E-state index in [0.29, 0.717) is 5.92 Å².